The molecule has 0 amide bonds. The molecule has 2 aliphatic carbocycles. The van der Waals surface area contributed by atoms with E-state index >= 15 is 0 Å². The van der Waals surface area contributed by atoms with Gasteiger partial charge in [0.15, 0.2) is 0 Å². The number of hydrogen-bond acceptors (Lipinski definition) is 2. The van der Waals surface area contributed by atoms with Crippen molar-refractivity contribution in [2.75, 3.05) is 26.2 Å². The Kier molecular flexibility index (Phi) is 5.04. The predicted molar refractivity (Wildman–Crippen MR) is 86.0 cm³/mol. The van der Waals surface area contributed by atoms with Crippen LogP contribution in [0.4, 0.5) is 0 Å². The van der Waals surface area contributed by atoms with Gasteiger partial charge in [0.05, 0.1) is 0 Å². The zero-order valence-corrected chi connectivity index (χ0v) is 13.5. The Labute approximate surface area is 125 Å². The first-order valence-electron chi connectivity index (χ1n) is 9.23. The van der Waals surface area contributed by atoms with E-state index in [1.807, 2.05) is 0 Å². The third kappa shape index (κ3) is 3.76. The SMILES string of the molecule is CC1CCC(CCN2CCNC3(CCCCC3)C2)CC1. The normalized spacial score (nSPS) is 35.2. The summed E-state index contributed by atoms with van der Waals surface area (Å²) in [6, 6.07) is 0. The van der Waals surface area contributed by atoms with Gasteiger partial charge in [0.1, 0.15) is 0 Å². The van der Waals surface area contributed by atoms with E-state index in [1.54, 1.807) is 0 Å². The summed E-state index contributed by atoms with van der Waals surface area (Å²) in [6.45, 7) is 7.63. The number of rotatable bonds is 3. The van der Waals surface area contributed by atoms with E-state index in [0.717, 1.165) is 11.8 Å². The molecule has 0 atom stereocenters. The summed E-state index contributed by atoms with van der Waals surface area (Å²) in [4.78, 5) is 2.78. The fraction of sp³-hybridized carbons (Fsp3) is 1.00. The molecule has 20 heavy (non-hydrogen) atoms. The van der Waals surface area contributed by atoms with Crippen LogP contribution in [0.25, 0.3) is 0 Å². The van der Waals surface area contributed by atoms with Crippen LogP contribution in [0, 0.1) is 11.8 Å². The molecule has 3 fully saturated rings. The van der Waals surface area contributed by atoms with Gasteiger partial charge in [-0.3, -0.25) is 0 Å². The molecule has 0 aromatic heterocycles. The quantitative estimate of drug-likeness (QED) is 0.844. The van der Waals surface area contributed by atoms with Crippen LogP contribution in [0.1, 0.15) is 71.1 Å². The minimum atomic E-state index is 0.498. The fourth-order valence-corrected chi connectivity index (χ4v) is 4.78. The van der Waals surface area contributed by atoms with Crippen LogP contribution in [0.5, 0.6) is 0 Å². The molecule has 3 aliphatic rings. The minimum Gasteiger partial charge on any atom is -0.309 e. The average molecular weight is 278 g/mol. The van der Waals surface area contributed by atoms with Gasteiger partial charge in [0, 0.05) is 25.2 Å². The molecule has 1 aliphatic heterocycles. The van der Waals surface area contributed by atoms with Gasteiger partial charge >= 0.3 is 0 Å². The smallest absolute Gasteiger partial charge is 0.0309 e. The van der Waals surface area contributed by atoms with Crippen LogP contribution < -0.4 is 5.32 Å². The molecule has 0 radical (unpaired) electrons. The van der Waals surface area contributed by atoms with Crippen LogP contribution >= 0.6 is 0 Å². The first-order chi connectivity index (χ1) is 9.76. The monoisotopic (exact) mass is 278 g/mol. The van der Waals surface area contributed by atoms with Crippen molar-refractivity contribution < 1.29 is 0 Å². The lowest BCUT2D eigenvalue weighted by atomic mass is 9.79. The van der Waals surface area contributed by atoms with Crippen molar-refractivity contribution in [3.8, 4) is 0 Å². The third-order valence-electron chi connectivity index (χ3n) is 6.25. The third-order valence-corrected chi connectivity index (χ3v) is 6.25. The molecule has 3 rings (SSSR count). The van der Waals surface area contributed by atoms with Crippen molar-refractivity contribution in [3.05, 3.63) is 0 Å². The van der Waals surface area contributed by atoms with Crippen LogP contribution in [0.2, 0.25) is 0 Å². The zero-order chi connectivity index (χ0) is 13.8. The van der Waals surface area contributed by atoms with E-state index in [4.69, 9.17) is 0 Å². The van der Waals surface area contributed by atoms with Crippen molar-refractivity contribution in [3.63, 3.8) is 0 Å². The zero-order valence-electron chi connectivity index (χ0n) is 13.5. The second kappa shape index (κ2) is 6.79. The highest BCUT2D eigenvalue weighted by Crippen LogP contribution is 2.32. The second-order valence-corrected chi connectivity index (χ2v) is 7.96. The average Bonchev–Trinajstić information content (AvgIpc) is 2.48. The molecule has 116 valence electrons. The molecule has 1 spiro atoms. The highest BCUT2D eigenvalue weighted by molar-refractivity contribution is 4.96. The minimum absolute atomic E-state index is 0.498. The second-order valence-electron chi connectivity index (χ2n) is 7.96. The van der Waals surface area contributed by atoms with E-state index < -0.39 is 0 Å². The number of nitrogens with one attached hydrogen (secondary N) is 1. The van der Waals surface area contributed by atoms with Crippen LogP contribution in [0.3, 0.4) is 0 Å². The summed E-state index contributed by atoms with van der Waals surface area (Å²) in [5.74, 6) is 2.03. The van der Waals surface area contributed by atoms with Crippen molar-refractivity contribution in [2.24, 2.45) is 11.8 Å². The van der Waals surface area contributed by atoms with Gasteiger partial charge < -0.3 is 10.2 Å². The van der Waals surface area contributed by atoms with Crippen molar-refractivity contribution in [2.45, 2.75) is 76.7 Å². The Balaban J connectivity index is 1.43. The Morgan fingerprint density at radius 3 is 2.55 bits per heavy atom. The van der Waals surface area contributed by atoms with Gasteiger partial charge in [0.2, 0.25) is 0 Å². The molecule has 0 bridgehead atoms. The molecule has 2 saturated carbocycles. The standard InChI is InChI=1S/C18H34N2/c1-16-5-7-17(8-6-16)9-13-20-14-12-19-18(15-20)10-3-2-4-11-18/h16-17,19H,2-15H2,1H3. The Morgan fingerprint density at radius 1 is 1.05 bits per heavy atom. The molecule has 0 aromatic rings. The summed E-state index contributed by atoms with van der Waals surface area (Å²) in [7, 11) is 0. The van der Waals surface area contributed by atoms with Crippen molar-refractivity contribution in [1.29, 1.82) is 0 Å². The lowest BCUT2D eigenvalue weighted by Gasteiger charge is -2.46. The molecule has 0 unspecified atom stereocenters. The first-order valence-corrected chi connectivity index (χ1v) is 9.23. The van der Waals surface area contributed by atoms with Crippen LogP contribution in [0.15, 0.2) is 0 Å². The fourth-order valence-electron chi connectivity index (χ4n) is 4.78. The largest absolute Gasteiger partial charge is 0.309 e. The highest BCUT2D eigenvalue weighted by atomic mass is 15.2. The van der Waals surface area contributed by atoms with E-state index in [9.17, 15) is 0 Å². The summed E-state index contributed by atoms with van der Waals surface area (Å²) < 4.78 is 0. The van der Waals surface area contributed by atoms with Gasteiger partial charge in [-0.25, -0.2) is 0 Å². The Morgan fingerprint density at radius 2 is 1.80 bits per heavy atom. The van der Waals surface area contributed by atoms with Gasteiger partial charge in [0.25, 0.3) is 0 Å². The highest BCUT2D eigenvalue weighted by Gasteiger charge is 2.36. The predicted octanol–water partition coefficient (Wildman–Crippen LogP) is 3.81. The van der Waals surface area contributed by atoms with E-state index in [-0.39, 0.29) is 0 Å². The molecule has 1 heterocycles. The van der Waals surface area contributed by atoms with E-state index in [1.165, 1.54) is 90.4 Å². The Hall–Kier alpha value is -0.0800. The van der Waals surface area contributed by atoms with Crippen molar-refractivity contribution >= 4 is 0 Å². The molecule has 1 N–H and O–H groups in total. The van der Waals surface area contributed by atoms with Gasteiger partial charge in [-0.05, 0) is 37.6 Å². The molecule has 2 heteroatoms. The van der Waals surface area contributed by atoms with Crippen molar-refractivity contribution in [1.82, 2.24) is 10.2 Å². The summed E-state index contributed by atoms with van der Waals surface area (Å²) in [5.41, 5.74) is 0.498. The lowest BCUT2D eigenvalue weighted by Crippen LogP contribution is -2.61. The summed E-state index contributed by atoms with van der Waals surface area (Å²) in [6.07, 6.45) is 14.6. The van der Waals surface area contributed by atoms with Gasteiger partial charge in [-0.2, -0.15) is 0 Å². The molecular weight excluding hydrogens is 244 g/mol. The topological polar surface area (TPSA) is 15.3 Å². The maximum atomic E-state index is 3.87. The van der Waals surface area contributed by atoms with Crippen LogP contribution in [-0.4, -0.2) is 36.6 Å². The maximum Gasteiger partial charge on any atom is 0.0309 e. The van der Waals surface area contributed by atoms with Gasteiger partial charge in [-0.1, -0.05) is 51.9 Å². The molecule has 1 saturated heterocycles. The summed E-state index contributed by atoms with van der Waals surface area (Å²) >= 11 is 0. The molecular formula is C18H34N2. The summed E-state index contributed by atoms with van der Waals surface area (Å²) in [5, 5.41) is 3.87. The van der Waals surface area contributed by atoms with E-state index in [2.05, 4.69) is 17.1 Å². The first kappa shape index (κ1) is 14.8. The lowest BCUT2D eigenvalue weighted by molar-refractivity contribution is 0.0919. The number of hydrogen-bond donors (Lipinski definition) is 1. The van der Waals surface area contributed by atoms with Gasteiger partial charge in [-0.15, -0.1) is 0 Å². The molecule has 2 nitrogen and oxygen atoms in total. The van der Waals surface area contributed by atoms with Crippen LogP contribution in [-0.2, 0) is 0 Å². The maximum absolute atomic E-state index is 3.87. The van der Waals surface area contributed by atoms with E-state index in [0.29, 0.717) is 5.54 Å². The number of nitrogens with zero attached hydrogens (tertiary/aromatic N) is 1. The Bertz CT molecular complexity index is 282. The number of piperazine rings is 1. The molecule has 0 aromatic carbocycles.